The van der Waals surface area contributed by atoms with Crippen molar-refractivity contribution in [2.75, 3.05) is 0 Å². The number of amides is 2. The summed E-state index contributed by atoms with van der Waals surface area (Å²) in [5.74, 6) is -0.0918. The van der Waals surface area contributed by atoms with Gasteiger partial charge in [-0.25, -0.2) is 0 Å². The highest BCUT2D eigenvalue weighted by Crippen LogP contribution is 2.23. The molecule has 4 aromatic carbocycles. The Balaban J connectivity index is 1.43. The standard InChI is InChI=1S/C35H37ClN2O2/c36-30-21-18-27(19-22-30)25-38(34(39)23-20-29-14-9-13-28-12-7-8-17-32(28)29)33(24-26-10-3-1-4-11-26)35(40)37-31-15-5-2-6-16-31/h1,3-4,7-14,17-19,21-22,31,33H,2,5-6,15-16,20,23-25H2,(H,37,40)/t33-/m1/s1. The molecule has 0 aromatic heterocycles. The number of halogens is 1. The number of carbonyl (C=O) groups excluding carboxylic acids is 2. The zero-order valence-corrected chi connectivity index (χ0v) is 23.7. The first-order valence-electron chi connectivity index (χ1n) is 14.4. The van der Waals surface area contributed by atoms with E-state index < -0.39 is 6.04 Å². The van der Waals surface area contributed by atoms with Gasteiger partial charge in [-0.3, -0.25) is 9.59 Å². The normalized spacial score (nSPS) is 14.5. The summed E-state index contributed by atoms with van der Waals surface area (Å²) >= 11 is 6.16. The first-order valence-corrected chi connectivity index (χ1v) is 14.8. The van der Waals surface area contributed by atoms with Crippen molar-refractivity contribution in [1.82, 2.24) is 10.2 Å². The fraction of sp³-hybridized carbons (Fsp3) is 0.314. The SMILES string of the molecule is O=C(NC1CCCCC1)[C@@H](Cc1ccccc1)N(Cc1ccc(Cl)cc1)C(=O)CCc1cccc2ccccc12. The van der Waals surface area contributed by atoms with Crippen LogP contribution in [0.15, 0.2) is 97.1 Å². The van der Waals surface area contributed by atoms with Crippen molar-refractivity contribution in [2.24, 2.45) is 0 Å². The molecule has 0 unspecified atom stereocenters. The van der Waals surface area contributed by atoms with E-state index in [9.17, 15) is 9.59 Å². The molecule has 0 bridgehead atoms. The maximum Gasteiger partial charge on any atom is 0.243 e. The Hall–Kier alpha value is -3.63. The van der Waals surface area contributed by atoms with Crippen molar-refractivity contribution in [1.29, 1.82) is 0 Å². The lowest BCUT2D eigenvalue weighted by atomic mass is 9.94. The number of nitrogens with zero attached hydrogens (tertiary/aromatic N) is 1. The summed E-state index contributed by atoms with van der Waals surface area (Å²) in [7, 11) is 0. The summed E-state index contributed by atoms with van der Waals surface area (Å²) in [6.07, 6.45) is 6.87. The Morgan fingerprint density at radius 2 is 1.50 bits per heavy atom. The minimum atomic E-state index is -0.611. The molecule has 206 valence electrons. The van der Waals surface area contributed by atoms with E-state index in [0.29, 0.717) is 30.8 Å². The van der Waals surface area contributed by atoms with Crippen LogP contribution in [0.5, 0.6) is 0 Å². The molecular formula is C35H37ClN2O2. The van der Waals surface area contributed by atoms with E-state index in [-0.39, 0.29) is 17.9 Å². The van der Waals surface area contributed by atoms with E-state index in [1.165, 1.54) is 11.8 Å². The van der Waals surface area contributed by atoms with E-state index in [2.05, 4.69) is 29.6 Å². The molecule has 4 nitrogen and oxygen atoms in total. The molecule has 1 aliphatic carbocycles. The predicted octanol–water partition coefficient (Wildman–Crippen LogP) is 7.51. The van der Waals surface area contributed by atoms with Crippen LogP contribution in [-0.2, 0) is 29.0 Å². The average molecular weight is 553 g/mol. The molecule has 1 aliphatic rings. The summed E-state index contributed by atoms with van der Waals surface area (Å²) in [4.78, 5) is 29.8. The van der Waals surface area contributed by atoms with Crippen LogP contribution in [0.2, 0.25) is 5.02 Å². The van der Waals surface area contributed by atoms with Gasteiger partial charge in [0, 0.05) is 30.5 Å². The van der Waals surface area contributed by atoms with Crippen LogP contribution in [0, 0.1) is 0 Å². The van der Waals surface area contributed by atoms with Crippen molar-refractivity contribution in [2.45, 2.75) is 70.0 Å². The molecule has 40 heavy (non-hydrogen) atoms. The van der Waals surface area contributed by atoms with Crippen molar-refractivity contribution < 1.29 is 9.59 Å². The lowest BCUT2D eigenvalue weighted by Crippen LogP contribution is -2.52. The average Bonchev–Trinajstić information content (AvgIpc) is 2.99. The number of hydrogen-bond donors (Lipinski definition) is 1. The van der Waals surface area contributed by atoms with Crippen LogP contribution in [0.1, 0.15) is 55.2 Å². The van der Waals surface area contributed by atoms with Gasteiger partial charge in [-0.05, 0) is 58.9 Å². The third-order valence-corrected chi connectivity index (χ3v) is 8.23. The fourth-order valence-electron chi connectivity index (χ4n) is 5.78. The maximum atomic E-state index is 14.1. The highest BCUT2D eigenvalue weighted by molar-refractivity contribution is 6.30. The van der Waals surface area contributed by atoms with Gasteiger partial charge in [0.1, 0.15) is 6.04 Å². The Labute approximate surface area is 242 Å². The monoisotopic (exact) mass is 552 g/mol. The predicted molar refractivity (Wildman–Crippen MR) is 163 cm³/mol. The van der Waals surface area contributed by atoms with Gasteiger partial charge in [0.05, 0.1) is 0 Å². The lowest BCUT2D eigenvalue weighted by Gasteiger charge is -2.33. The summed E-state index contributed by atoms with van der Waals surface area (Å²) in [6, 6.07) is 31.6. The molecule has 0 spiro atoms. The molecule has 1 saturated carbocycles. The number of nitrogens with one attached hydrogen (secondary N) is 1. The third kappa shape index (κ3) is 7.31. The molecular weight excluding hydrogens is 516 g/mol. The van der Waals surface area contributed by atoms with E-state index >= 15 is 0 Å². The highest BCUT2D eigenvalue weighted by atomic mass is 35.5. The number of aryl methyl sites for hydroxylation is 1. The molecule has 1 fully saturated rings. The topological polar surface area (TPSA) is 49.4 Å². The van der Waals surface area contributed by atoms with E-state index in [1.807, 2.05) is 72.8 Å². The van der Waals surface area contributed by atoms with Gasteiger partial charge in [0.25, 0.3) is 0 Å². The van der Waals surface area contributed by atoms with Crippen molar-refractivity contribution >= 4 is 34.2 Å². The molecule has 5 heteroatoms. The summed E-state index contributed by atoms with van der Waals surface area (Å²) in [6.45, 7) is 0.348. The van der Waals surface area contributed by atoms with Crippen LogP contribution in [0.25, 0.3) is 10.8 Å². The van der Waals surface area contributed by atoms with E-state index in [1.54, 1.807) is 4.90 Å². The van der Waals surface area contributed by atoms with E-state index in [4.69, 9.17) is 11.6 Å². The Morgan fingerprint density at radius 3 is 2.27 bits per heavy atom. The molecule has 2 amide bonds. The number of fused-ring (bicyclic) bond motifs is 1. The summed E-state index contributed by atoms with van der Waals surface area (Å²) in [5.41, 5.74) is 3.13. The van der Waals surface area contributed by atoms with Crippen molar-refractivity contribution in [3.8, 4) is 0 Å². The highest BCUT2D eigenvalue weighted by Gasteiger charge is 2.31. The molecule has 0 heterocycles. The van der Waals surface area contributed by atoms with Gasteiger partial charge in [0.2, 0.25) is 11.8 Å². The van der Waals surface area contributed by atoms with Gasteiger partial charge in [-0.15, -0.1) is 0 Å². The summed E-state index contributed by atoms with van der Waals surface area (Å²) < 4.78 is 0. The Bertz CT molecular complexity index is 1410. The minimum absolute atomic E-state index is 0.0254. The largest absolute Gasteiger partial charge is 0.352 e. The first kappa shape index (κ1) is 27.9. The van der Waals surface area contributed by atoms with Crippen LogP contribution in [-0.4, -0.2) is 28.8 Å². The number of rotatable bonds is 10. The van der Waals surface area contributed by atoms with Crippen LogP contribution < -0.4 is 5.32 Å². The molecule has 5 rings (SSSR count). The molecule has 0 radical (unpaired) electrons. The quantitative estimate of drug-likeness (QED) is 0.221. The van der Waals surface area contributed by atoms with Gasteiger partial charge >= 0.3 is 0 Å². The number of carbonyl (C=O) groups is 2. The second-order valence-corrected chi connectivity index (χ2v) is 11.3. The molecule has 1 atom stereocenters. The molecule has 0 aliphatic heterocycles. The lowest BCUT2D eigenvalue weighted by molar-refractivity contribution is -0.141. The maximum absolute atomic E-state index is 14.1. The zero-order chi connectivity index (χ0) is 27.7. The second kappa shape index (κ2) is 13.6. The Morgan fingerprint density at radius 1 is 0.800 bits per heavy atom. The van der Waals surface area contributed by atoms with Crippen molar-refractivity contribution in [3.63, 3.8) is 0 Å². The number of benzene rings is 4. The molecule has 4 aromatic rings. The fourth-order valence-corrected chi connectivity index (χ4v) is 5.91. The van der Waals surface area contributed by atoms with Gasteiger partial charge in [-0.1, -0.05) is 116 Å². The Kier molecular flexibility index (Phi) is 9.51. The zero-order valence-electron chi connectivity index (χ0n) is 22.9. The van der Waals surface area contributed by atoms with Crippen LogP contribution in [0.3, 0.4) is 0 Å². The molecule has 0 saturated heterocycles. The molecule has 1 N–H and O–H groups in total. The first-order chi connectivity index (χ1) is 19.6. The van der Waals surface area contributed by atoms with Crippen LogP contribution in [0.4, 0.5) is 0 Å². The minimum Gasteiger partial charge on any atom is -0.352 e. The van der Waals surface area contributed by atoms with Gasteiger partial charge in [0.15, 0.2) is 0 Å². The third-order valence-electron chi connectivity index (χ3n) is 7.98. The second-order valence-electron chi connectivity index (χ2n) is 10.8. The van der Waals surface area contributed by atoms with Crippen LogP contribution >= 0.6 is 11.6 Å². The van der Waals surface area contributed by atoms with Gasteiger partial charge in [-0.2, -0.15) is 0 Å². The van der Waals surface area contributed by atoms with E-state index in [0.717, 1.165) is 47.8 Å². The summed E-state index contributed by atoms with van der Waals surface area (Å²) in [5, 5.41) is 6.29. The van der Waals surface area contributed by atoms with Gasteiger partial charge < -0.3 is 10.2 Å². The smallest absolute Gasteiger partial charge is 0.243 e. The van der Waals surface area contributed by atoms with Crippen molar-refractivity contribution in [3.05, 3.63) is 119 Å². The number of hydrogen-bond acceptors (Lipinski definition) is 2.